The van der Waals surface area contributed by atoms with Gasteiger partial charge in [-0.25, -0.2) is 4.79 Å². The second-order valence-electron chi connectivity index (χ2n) is 8.44. The topological polar surface area (TPSA) is 240 Å². The van der Waals surface area contributed by atoms with Gasteiger partial charge in [0.2, 0.25) is 23.6 Å². The first kappa shape index (κ1) is 30.5. The number of carboxylic acid groups (broad SMARTS) is 1. The second-order valence-corrected chi connectivity index (χ2v) is 8.44. The van der Waals surface area contributed by atoms with E-state index in [4.69, 9.17) is 17.2 Å². The van der Waals surface area contributed by atoms with Crippen LogP contribution < -0.4 is 33.2 Å². The van der Waals surface area contributed by atoms with Crippen molar-refractivity contribution in [1.29, 1.82) is 0 Å². The van der Waals surface area contributed by atoms with Gasteiger partial charge in [-0.15, -0.1) is 0 Å². The highest BCUT2D eigenvalue weighted by Crippen LogP contribution is 2.07. The van der Waals surface area contributed by atoms with Gasteiger partial charge in [0.15, 0.2) is 0 Å². The minimum Gasteiger partial charge on any atom is -0.480 e. The van der Waals surface area contributed by atoms with E-state index in [1.54, 1.807) is 30.3 Å². The zero-order chi connectivity index (χ0) is 27.3. The third kappa shape index (κ3) is 10.8. The molecule has 1 aromatic rings. The molecule has 0 aliphatic heterocycles. The maximum atomic E-state index is 13.0. The third-order valence-electron chi connectivity index (χ3n) is 5.30. The molecule has 0 aliphatic carbocycles. The summed E-state index contributed by atoms with van der Waals surface area (Å²) in [7, 11) is 0. The number of carbonyl (C=O) groups excluding carboxylic acids is 4. The number of aliphatic carboxylic acids is 1. The van der Waals surface area contributed by atoms with E-state index in [1.165, 1.54) is 6.92 Å². The molecule has 36 heavy (non-hydrogen) atoms. The highest BCUT2D eigenvalue weighted by Gasteiger charge is 2.32. The van der Waals surface area contributed by atoms with Crippen LogP contribution in [0.15, 0.2) is 30.3 Å². The summed E-state index contributed by atoms with van der Waals surface area (Å²) in [6, 6.07) is 3.45. The molecule has 0 bridgehead atoms. The number of amides is 4. The molecule has 0 heterocycles. The van der Waals surface area contributed by atoms with Gasteiger partial charge < -0.3 is 43.4 Å². The number of carboxylic acids is 1. The number of rotatable bonds is 16. The Morgan fingerprint density at radius 1 is 0.917 bits per heavy atom. The van der Waals surface area contributed by atoms with Crippen LogP contribution in [0.4, 0.5) is 0 Å². The summed E-state index contributed by atoms with van der Waals surface area (Å²) in [6.07, 6.45) is -0.705. The first-order valence-electron chi connectivity index (χ1n) is 11.6. The SMILES string of the molecule is CC(O)C(NC(=O)C(N)CC(N)=O)C(=O)NC(CCCCN)C(=O)NC(Cc1ccccc1)C(=O)O. The van der Waals surface area contributed by atoms with Crippen LogP contribution in [-0.2, 0) is 30.4 Å². The Morgan fingerprint density at radius 2 is 1.53 bits per heavy atom. The summed E-state index contributed by atoms with van der Waals surface area (Å²) in [5.41, 5.74) is 16.8. The number of unbranched alkanes of at least 4 members (excludes halogenated alkanes) is 1. The van der Waals surface area contributed by atoms with E-state index in [-0.39, 0.29) is 12.8 Å². The maximum absolute atomic E-state index is 13.0. The lowest BCUT2D eigenvalue weighted by Crippen LogP contribution is -2.60. The van der Waals surface area contributed by atoms with Crippen LogP contribution in [0.5, 0.6) is 0 Å². The van der Waals surface area contributed by atoms with Gasteiger partial charge in [0, 0.05) is 6.42 Å². The van der Waals surface area contributed by atoms with Crippen molar-refractivity contribution in [2.24, 2.45) is 17.2 Å². The van der Waals surface area contributed by atoms with Crippen molar-refractivity contribution in [2.75, 3.05) is 6.54 Å². The molecule has 0 saturated heterocycles. The van der Waals surface area contributed by atoms with Gasteiger partial charge in [0.25, 0.3) is 0 Å². The predicted octanol–water partition coefficient (Wildman–Crippen LogP) is -2.52. The molecule has 5 atom stereocenters. The van der Waals surface area contributed by atoms with Crippen LogP contribution >= 0.6 is 0 Å². The molecule has 0 aliphatic rings. The first-order valence-corrected chi connectivity index (χ1v) is 11.6. The Hall–Kier alpha value is -3.55. The summed E-state index contributed by atoms with van der Waals surface area (Å²) in [5.74, 6) is -4.61. The molecule has 0 fully saturated rings. The number of nitrogens with two attached hydrogens (primary N) is 3. The van der Waals surface area contributed by atoms with Gasteiger partial charge in [-0.05, 0) is 38.3 Å². The van der Waals surface area contributed by atoms with E-state index >= 15 is 0 Å². The molecular formula is C23H36N6O7. The number of benzene rings is 1. The van der Waals surface area contributed by atoms with Crippen LogP contribution in [0, 0.1) is 0 Å². The summed E-state index contributed by atoms with van der Waals surface area (Å²) in [5, 5.41) is 26.8. The average Bonchev–Trinajstić information content (AvgIpc) is 2.81. The highest BCUT2D eigenvalue weighted by atomic mass is 16.4. The number of aliphatic hydroxyl groups excluding tert-OH is 1. The molecule has 0 radical (unpaired) electrons. The zero-order valence-electron chi connectivity index (χ0n) is 20.2. The number of carbonyl (C=O) groups is 5. The lowest BCUT2D eigenvalue weighted by Gasteiger charge is -2.26. The Kier molecular flexibility index (Phi) is 13.1. The number of primary amides is 1. The van der Waals surface area contributed by atoms with E-state index in [9.17, 15) is 34.2 Å². The van der Waals surface area contributed by atoms with Gasteiger partial charge in [0.1, 0.15) is 18.1 Å². The minimum absolute atomic E-state index is 0.0233. The van der Waals surface area contributed by atoms with Gasteiger partial charge in [-0.1, -0.05) is 30.3 Å². The van der Waals surface area contributed by atoms with E-state index in [2.05, 4.69) is 16.0 Å². The van der Waals surface area contributed by atoms with Crippen molar-refractivity contribution in [3.8, 4) is 0 Å². The van der Waals surface area contributed by atoms with Crippen LogP contribution in [0.25, 0.3) is 0 Å². The fraction of sp³-hybridized carbons (Fsp3) is 0.522. The Balaban J connectivity index is 2.98. The Labute approximate surface area is 209 Å². The quantitative estimate of drug-likeness (QED) is 0.110. The van der Waals surface area contributed by atoms with Crippen molar-refractivity contribution in [3.63, 3.8) is 0 Å². The zero-order valence-corrected chi connectivity index (χ0v) is 20.2. The third-order valence-corrected chi connectivity index (χ3v) is 5.30. The van der Waals surface area contributed by atoms with Crippen molar-refractivity contribution in [2.45, 2.75) is 69.3 Å². The van der Waals surface area contributed by atoms with Gasteiger partial charge >= 0.3 is 5.97 Å². The molecular weight excluding hydrogens is 472 g/mol. The molecule has 1 rings (SSSR count). The van der Waals surface area contributed by atoms with Crippen molar-refractivity contribution in [1.82, 2.24) is 16.0 Å². The summed E-state index contributed by atoms with van der Waals surface area (Å²) >= 11 is 0. The molecule has 5 unspecified atom stereocenters. The fourth-order valence-electron chi connectivity index (χ4n) is 3.32. The monoisotopic (exact) mass is 508 g/mol. The summed E-state index contributed by atoms with van der Waals surface area (Å²) in [4.78, 5) is 60.9. The standard InChI is InChI=1S/C23H36N6O7/c1-13(30)19(29-20(32)15(25)12-18(26)31)22(34)27-16(9-5-6-10-24)21(33)28-17(23(35)36)11-14-7-3-2-4-8-14/h2-4,7-8,13,15-17,19,30H,5-6,9-12,24-25H2,1H3,(H2,26,31)(H,27,34)(H,28,33)(H,29,32)(H,35,36). The van der Waals surface area contributed by atoms with Crippen LogP contribution in [-0.4, -0.2) is 76.6 Å². The van der Waals surface area contributed by atoms with Gasteiger partial charge in [-0.2, -0.15) is 0 Å². The molecule has 13 heteroatoms. The first-order chi connectivity index (χ1) is 17.0. The predicted molar refractivity (Wildman–Crippen MR) is 130 cm³/mol. The molecule has 200 valence electrons. The average molecular weight is 509 g/mol. The van der Waals surface area contributed by atoms with E-state index in [0.717, 1.165) is 0 Å². The number of hydrogen-bond donors (Lipinski definition) is 8. The Morgan fingerprint density at radius 3 is 2.06 bits per heavy atom. The fourth-order valence-corrected chi connectivity index (χ4v) is 3.32. The highest BCUT2D eigenvalue weighted by molar-refractivity contribution is 5.95. The lowest BCUT2D eigenvalue weighted by molar-refractivity contribution is -0.142. The normalized spacial score (nSPS) is 15.0. The van der Waals surface area contributed by atoms with E-state index in [0.29, 0.717) is 24.9 Å². The number of nitrogens with one attached hydrogen (secondary N) is 3. The minimum atomic E-state index is -1.50. The van der Waals surface area contributed by atoms with Crippen LogP contribution in [0.1, 0.15) is 38.2 Å². The van der Waals surface area contributed by atoms with Gasteiger partial charge in [0.05, 0.1) is 18.6 Å². The largest absolute Gasteiger partial charge is 0.480 e. The summed E-state index contributed by atoms with van der Waals surface area (Å²) in [6.45, 7) is 1.59. The summed E-state index contributed by atoms with van der Waals surface area (Å²) < 4.78 is 0. The molecule has 0 spiro atoms. The maximum Gasteiger partial charge on any atom is 0.326 e. The Bertz CT molecular complexity index is 896. The van der Waals surface area contributed by atoms with Crippen LogP contribution in [0.3, 0.4) is 0 Å². The van der Waals surface area contributed by atoms with Gasteiger partial charge in [-0.3, -0.25) is 19.2 Å². The molecule has 13 nitrogen and oxygen atoms in total. The molecule has 0 saturated carbocycles. The van der Waals surface area contributed by atoms with Crippen molar-refractivity contribution >= 4 is 29.6 Å². The lowest BCUT2D eigenvalue weighted by atomic mass is 10.0. The van der Waals surface area contributed by atoms with Crippen molar-refractivity contribution in [3.05, 3.63) is 35.9 Å². The molecule has 1 aromatic carbocycles. The second kappa shape index (κ2) is 15.4. The van der Waals surface area contributed by atoms with Crippen LogP contribution in [0.2, 0.25) is 0 Å². The molecule has 0 aromatic heterocycles. The van der Waals surface area contributed by atoms with Crippen molar-refractivity contribution < 1.29 is 34.2 Å². The number of aliphatic hydroxyl groups is 1. The molecule has 4 amide bonds. The smallest absolute Gasteiger partial charge is 0.326 e. The number of hydrogen-bond acceptors (Lipinski definition) is 8. The van der Waals surface area contributed by atoms with E-state index in [1.807, 2.05) is 0 Å². The molecule has 11 N–H and O–H groups in total. The van der Waals surface area contributed by atoms with E-state index < -0.39 is 66.3 Å².